The van der Waals surface area contributed by atoms with Gasteiger partial charge in [-0.25, -0.2) is 4.39 Å². The summed E-state index contributed by atoms with van der Waals surface area (Å²) >= 11 is 10.9. The lowest BCUT2D eigenvalue weighted by atomic mass is 10.2. The van der Waals surface area contributed by atoms with Gasteiger partial charge in [0.2, 0.25) is 0 Å². The van der Waals surface area contributed by atoms with Crippen molar-refractivity contribution >= 4 is 23.2 Å². The molecule has 0 amide bonds. The molecule has 54 valence electrons. The molecule has 0 aromatic heterocycles. The topological polar surface area (TPSA) is 0 Å². The van der Waals surface area contributed by atoms with Crippen LogP contribution in [0.25, 0.3) is 0 Å². The van der Waals surface area contributed by atoms with Crippen molar-refractivity contribution in [2.24, 2.45) is 0 Å². The van der Waals surface area contributed by atoms with Crippen LogP contribution < -0.4 is 0 Å². The number of hydrogen-bond acceptors (Lipinski definition) is 0. The van der Waals surface area contributed by atoms with Crippen molar-refractivity contribution in [3.05, 3.63) is 35.6 Å². The monoisotopic (exact) mass is 178 g/mol. The van der Waals surface area contributed by atoms with Crippen molar-refractivity contribution in [2.45, 2.75) is 4.84 Å². The summed E-state index contributed by atoms with van der Waals surface area (Å²) in [6.45, 7) is 0. The maximum absolute atomic E-state index is 12.7. The van der Waals surface area contributed by atoms with Gasteiger partial charge < -0.3 is 0 Å². The molecule has 0 aliphatic heterocycles. The van der Waals surface area contributed by atoms with Crippen molar-refractivity contribution < 1.29 is 4.39 Å². The van der Waals surface area contributed by atoms with Crippen LogP contribution >= 0.6 is 23.2 Å². The van der Waals surface area contributed by atoms with Gasteiger partial charge in [0.05, 0.1) is 0 Å². The molecule has 0 nitrogen and oxygen atoms in total. The summed E-state index contributed by atoms with van der Waals surface area (Å²) < 4.78 is 12.7. The lowest BCUT2D eigenvalue weighted by Gasteiger charge is -2.00. The molecule has 0 N–H and O–H groups in total. The third-order valence-corrected chi connectivity index (χ3v) is 1.61. The molecule has 0 unspecified atom stereocenters. The van der Waals surface area contributed by atoms with E-state index in [0.29, 0.717) is 5.56 Å². The van der Waals surface area contributed by atoms with Gasteiger partial charge in [-0.1, -0.05) is 41.4 Å². The van der Waals surface area contributed by atoms with Crippen molar-refractivity contribution in [1.82, 2.24) is 0 Å². The second kappa shape index (κ2) is 3.22. The maximum Gasteiger partial charge on any atom is 0.135 e. The molecule has 1 rings (SSSR count). The Bertz CT molecular complexity index is 223. The quantitative estimate of drug-likeness (QED) is 0.580. The van der Waals surface area contributed by atoms with Crippen LogP contribution in [0.15, 0.2) is 24.3 Å². The predicted molar refractivity (Wildman–Crippen MR) is 40.8 cm³/mol. The largest absolute Gasteiger partial charge is 0.207 e. The normalized spacial score (nSPS) is 10.4. The first kappa shape index (κ1) is 7.83. The molecule has 10 heavy (non-hydrogen) atoms. The van der Waals surface area contributed by atoms with E-state index in [2.05, 4.69) is 0 Å². The standard InChI is InChI=1S/C7H5Cl2F/c8-7(9)5-3-1-2-4-6(5)10/h1-4,7H. The second-order valence-corrected chi connectivity index (χ2v) is 2.92. The molecule has 0 aliphatic rings. The fourth-order valence-corrected chi connectivity index (χ4v) is 1.01. The van der Waals surface area contributed by atoms with Gasteiger partial charge in [0.25, 0.3) is 0 Å². The average Bonchev–Trinajstić information content (AvgIpc) is 1.88. The molecule has 3 heteroatoms. The summed E-state index contributed by atoms with van der Waals surface area (Å²) in [6, 6.07) is 6.16. The van der Waals surface area contributed by atoms with E-state index in [-0.39, 0.29) is 5.82 Å². The fraction of sp³-hybridized carbons (Fsp3) is 0.143. The third kappa shape index (κ3) is 1.61. The highest BCUT2D eigenvalue weighted by Crippen LogP contribution is 2.26. The minimum absolute atomic E-state index is 0.325. The first-order valence-electron chi connectivity index (χ1n) is 2.74. The van der Waals surface area contributed by atoms with Crippen molar-refractivity contribution in [1.29, 1.82) is 0 Å². The molecule has 0 saturated carbocycles. The summed E-state index contributed by atoms with van der Waals surface area (Å²) in [4.78, 5) is -0.777. The second-order valence-electron chi connectivity index (χ2n) is 1.82. The molecule has 0 saturated heterocycles. The Morgan fingerprint density at radius 2 is 1.80 bits per heavy atom. The third-order valence-electron chi connectivity index (χ3n) is 1.14. The van der Waals surface area contributed by atoms with Crippen molar-refractivity contribution in [3.63, 3.8) is 0 Å². The molecule has 0 atom stereocenters. The van der Waals surface area contributed by atoms with E-state index >= 15 is 0 Å². The lowest BCUT2D eigenvalue weighted by molar-refractivity contribution is 0.616. The zero-order valence-electron chi connectivity index (χ0n) is 5.02. The summed E-state index contributed by atoms with van der Waals surface area (Å²) in [5.74, 6) is -0.363. The average molecular weight is 179 g/mol. The smallest absolute Gasteiger partial charge is 0.135 e. The molecular weight excluding hydrogens is 174 g/mol. The summed E-state index contributed by atoms with van der Waals surface area (Å²) in [6.07, 6.45) is 0. The van der Waals surface area contributed by atoms with Crippen LogP contribution in [0.4, 0.5) is 4.39 Å². The van der Waals surface area contributed by atoms with Gasteiger partial charge >= 0.3 is 0 Å². The zero-order valence-corrected chi connectivity index (χ0v) is 6.53. The van der Waals surface area contributed by atoms with E-state index in [9.17, 15) is 4.39 Å². The van der Waals surface area contributed by atoms with Crippen LogP contribution in [-0.2, 0) is 0 Å². The first-order chi connectivity index (χ1) is 4.72. The Morgan fingerprint density at radius 3 is 2.20 bits per heavy atom. The van der Waals surface area contributed by atoms with Crippen LogP contribution in [0, 0.1) is 5.82 Å². The van der Waals surface area contributed by atoms with E-state index in [4.69, 9.17) is 23.2 Å². The Kier molecular flexibility index (Phi) is 2.52. The van der Waals surface area contributed by atoms with Crippen LogP contribution in [0.2, 0.25) is 0 Å². The van der Waals surface area contributed by atoms with Crippen LogP contribution in [0.5, 0.6) is 0 Å². The number of alkyl halides is 2. The van der Waals surface area contributed by atoms with Gasteiger partial charge in [-0.15, -0.1) is 0 Å². The summed E-state index contributed by atoms with van der Waals surface area (Å²) in [5.41, 5.74) is 0.325. The molecular formula is C7H5Cl2F. The molecule has 0 heterocycles. The first-order valence-corrected chi connectivity index (χ1v) is 3.61. The Hall–Kier alpha value is -0.270. The number of rotatable bonds is 1. The van der Waals surface area contributed by atoms with Gasteiger partial charge in [-0.3, -0.25) is 0 Å². The van der Waals surface area contributed by atoms with Gasteiger partial charge in [-0.2, -0.15) is 0 Å². The van der Waals surface area contributed by atoms with E-state index in [1.807, 2.05) is 0 Å². The maximum atomic E-state index is 12.7. The number of hydrogen-bond donors (Lipinski definition) is 0. The molecule has 0 aliphatic carbocycles. The predicted octanol–water partition coefficient (Wildman–Crippen LogP) is 3.30. The van der Waals surface area contributed by atoms with E-state index in [1.54, 1.807) is 18.2 Å². The fourth-order valence-electron chi connectivity index (χ4n) is 0.652. The minimum Gasteiger partial charge on any atom is -0.207 e. The Balaban J connectivity index is 3.03. The van der Waals surface area contributed by atoms with Gasteiger partial charge in [-0.05, 0) is 6.07 Å². The summed E-state index contributed by atoms with van der Waals surface area (Å²) in [7, 11) is 0. The van der Waals surface area contributed by atoms with Crippen molar-refractivity contribution in [2.75, 3.05) is 0 Å². The van der Waals surface area contributed by atoms with E-state index in [0.717, 1.165) is 0 Å². The Labute approximate surface area is 68.6 Å². The SMILES string of the molecule is Fc1ccccc1C(Cl)Cl. The Morgan fingerprint density at radius 1 is 1.20 bits per heavy atom. The van der Waals surface area contributed by atoms with Crippen LogP contribution in [-0.4, -0.2) is 0 Å². The highest BCUT2D eigenvalue weighted by Gasteiger charge is 2.07. The zero-order chi connectivity index (χ0) is 7.56. The van der Waals surface area contributed by atoms with Gasteiger partial charge in [0.15, 0.2) is 0 Å². The van der Waals surface area contributed by atoms with Gasteiger partial charge in [0.1, 0.15) is 10.7 Å². The van der Waals surface area contributed by atoms with E-state index in [1.165, 1.54) is 6.07 Å². The highest BCUT2D eigenvalue weighted by molar-refractivity contribution is 6.44. The molecule has 1 aromatic carbocycles. The minimum atomic E-state index is -0.777. The van der Waals surface area contributed by atoms with Crippen molar-refractivity contribution in [3.8, 4) is 0 Å². The molecule has 0 bridgehead atoms. The molecule has 0 fully saturated rings. The highest BCUT2D eigenvalue weighted by atomic mass is 35.5. The lowest BCUT2D eigenvalue weighted by Crippen LogP contribution is -1.85. The molecule has 0 radical (unpaired) electrons. The van der Waals surface area contributed by atoms with Gasteiger partial charge in [0, 0.05) is 5.56 Å². The molecule has 0 spiro atoms. The number of benzene rings is 1. The van der Waals surface area contributed by atoms with E-state index < -0.39 is 4.84 Å². The van der Waals surface area contributed by atoms with Crippen LogP contribution in [0.3, 0.4) is 0 Å². The summed E-state index contributed by atoms with van der Waals surface area (Å²) in [5, 5.41) is 0. The number of halogens is 3. The van der Waals surface area contributed by atoms with Crippen LogP contribution in [0.1, 0.15) is 10.4 Å². The molecule has 1 aromatic rings.